The molecule has 0 radical (unpaired) electrons. The van der Waals surface area contributed by atoms with Crippen LogP contribution in [0.4, 0.5) is 5.69 Å². The lowest BCUT2D eigenvalue weighted by atomic mass is 9.88. The minimum atomic E-state index is -4.05. The summed E-state index contributed by atoms with van der Waals surface area (Å²) in [6, 6.07) is 17.5. The molecule has 0 aliphatic carbocycles. The minimum Gasteiger partial charge on any atom is -0.480 e. The number of carbonyl (C=O) groups excluding carboxylic acids is 1. The van der Waals surface area contributed by atoms with Gasteiger partial charge in [-0.15, -0.1) is 5.92 Å². The number of hydrogen-bond acceptors (Lipinski definition) is 5. The number of amides is 1. The lowest BCUT2D eigenvalue weighted by Crippen LogP contribution is -2.48. The van der Waals surface area contributed by atoms with Crippen LogP contribution in [0, 0.1) is 24.2 Å². The van der Waals surface area contributed by atoms with Gasteiger partial charge in [0.25, 0.3) is 5.91 Å². The lowest BCUT2D eigenvalue weighted by Gasteiger charge is -2.27. The van der Waals surface area contributed by atoms with Crippen molar-refractivity contribution in [2.45, 2.75) is 45.6 Å². The second kappa shape index (κ2) is 11.0. The van der Waals surface area contributed by atoms with E-state index in [4.69, 9.17) is 4.42 Å². The molecule has 4 rings (SSSR count). The van der Waals surface area contributed by atoms with Gasteiger partial charge in [0.2, 0.25) is 10.0 Å². The maximum absolute atomic E-state index is 13.0. The second-order valence-corrected chi connectivity index (χ2v) is 12.1. The highest BCUT2D eigenvalue weighted by Gasteiger charge is 2.35. The highest BCUT2D eigenvalue weighted by atomic mass is 32.2. The molecule has 40 heavy (non-hydrogen) atoms. The summed E-state index contributed by atoms with van der Waals surface area (Å²) in [5.74, 6) is 4.51. The zero-order valence-electron chi connectivity index (χ0n) is 22.8. The summed E-state index contributed by atoms with van der Waals surface area (Å²) in [4.78, 5) is 24.6. The molecule has 0 aliphatic heterocycles. The van der Waals surface area contributed by atoms with Gasteiger partial charge in [0.15, 0.2) is 5.76 Å². The Morgan fingerprint density at radius 1 is 0.950 bits per heavy atom. The molecule has 0 spiro atoms. The fraction of sp³-hybridized carbons (Fsp3) is 0.226. The largest absolute Gasteiger partial charge is 0.480 e. The molecule has 0 aliphatic rings. The Morgan fingerprint density at radius 2 is 1.55 bits per heavy atom. The molecule has 1 heterocycles. The van der Waals surface area contributed by atoms with Crippen LogP contribution in [0.5, 0.6) is 0 Å². The summed E-state index contributed by atoms with van der Waals surface area (Å²) in [6.45, 7) is 8.54. The lowest BCUT2D eigenvalue weighted by molar-refractivity contribution is -0.141. The van der Waals surface area contributed by atoms with E-state index in [1.165, 1.54) is 12.1 Å². The van der Waals surface area contributed by atoms with E-state index in [1.54, 1.807) is 70.2 Å². The molecule has 0 saturated carbocycles. The minimum absolute atomic E-state index is 0.0371. The van der Waals surface area contributed by atoms with Crippen LogP contribution in [0.15, 0.2) is 76.0 Å². The number of furan rings is 1. The first-order chi connectivity index (χ1) is 18.8. The Balaban J connectivity index is 1.50. The Kier molecular flexibility index (Phi) is 7.87. The zero-order chi connectivity index (χ0) is 29.2. The zero-order valence-corrected chi connectivity index (χ0v) is 23.6. The van der Waals surface area contributed by atoms with Crippen LogP contribution in [0.25, 0.3) is 22.1 Å². The van der Waals surface area contributed by atoms with Gasteiger partial charge in [-0.25, -0.2) is 8.42 Å². The average Bonchev–Trinajstić information content (AvgIpc) is 3.24. The first kappa shape index (κ1) is 28.6. The van der Waals surface area contributed by atoms with E-state index in [2.05, 4.69) is 21.9 Å². The van der Waals surface area contributed by atoms with Crippen molar-refractivity contribution in [3.63, 3.8) is 0 Å². The maximum atomic E-state index is 13.0. The second-order valence-electron chi connectivity index (χ2n) is 10.4. The number of aryl methyl sites for hydroxylation is 1. The first-order valence-electron chi connectivity index (χ1n) is 12.5. The molecule has 4 aromatic rings. The molecule has 1 aromatic heterocycles. The molecular weight excluding hydrogens is 528 g/mol. The van der Waals surface area contributed by atoms with Crippen molar-refractivity contribution in [2.24, 2.45) is 5.41 Å². The normalized spacial score (nSPS) is 12.4. The predicted molar refractivity (Wildman–Crippen MR) is 155 cm³/mol. The van der Waals surface area contributed by atoms with Crippen LogP contribution in [-0.4, -0.2) is 31.4 Å². The highest BCUT2D eigenvalue weighted by molar-refractivity contribution is 7.89. The van der Waals surface area contributed by atoms with Crippen LogP contribution in [0.3, 0.4) is 0 Å². The van der Waals surface area contributed by atoms with E-state index < -0.39 is 27.4 Å². The number of carbonyl (C=O) groups is 2. The first-order valence-corrected chi connectivity index (χ1v) is 14.0. The van der Waals surface area contributed by atoms with Gasteiger partial charge in [-0.1, -0.05) is 57.0 Å². The third-order valence-electron chi connectivity index (χ3n) is 6.45. The fourth-order valence-corrected chi connectivity index (χ4v) is 5.73. The molecule has 0 fully saturated rings. The number of aliphatic carboxylic acids is 1. The van der Waals surface area contributed by atoms with E-state index in [0.717, 1.165) is 22.1 Å². The number of carboxylic acids is 1. The fourth-order valence-electron chi connectivity index (χ4n) is 4.34. The highest BCUT2D eigenvalue weighted by Crippen LogP contribution is 2.29. The Labute approximate surface area is 233 Å². The SMILES string of the molecule is CC#Cc1cccc2oc(C(=O)Nc3ccc(-c4ccc(S(=O)(=O)N[C@H](C(=O)O)C(C)(C)C)cc4)cc3)c(C)c12. The van der Waals surface area contributed by atoms with Gasteiger partial charge >= 0.3 is 5.97 Å². The van der Waals surface area contributed by atoms with E-state index in [1.807, 2.05) is 19.1 Å². The number of nitrogens with one attached hydrogen (secondary N) is 2. The van der Waals surface area contributed by atoms with Crippen molar-refractivity contribution >= 4 is 38.6 Å². The number of hydrogen-bond donors (Lipinski definition) is 3. The number of sulfonamides is 1. The molecule has 0 unspecified atom stereocenters. The summed E-state index contributed by atoms with van der Waals surface area (Å²) < 4.78 is 33.7. The molecule has 206 valence electrons. The van der Waals surface area contributed by atoms with Gasteiger partial charge < -0.3 is 14.8 Å². The number of carboxylic acid groups (broad SMARTS) is 1. The molecule has 3 aromatic carbocycles. The Morgan fingerprint density at radius 3 is 2.10 bits per heavy atom. The van der Waals surface area contributed by atoms with E-state index in [0.29, 0.717) is 16.8 Å². The van der Waals surface area contributed by atoms with Crippen molar-refractivity contribution in [3.8, 4) is 23.0 Å². The molecule has 9 heteroatoms. The van der Waals surface area contributed by atoms with Gasteiger partial charge in [0, 0.05) is 22.2 Å². The standard InChI is InChI=1S/C31H30N2O6S/c1-6-8-22-9-7-10-25-26(22)19(2)27(39-25)29(34)32-23-15-11-20(12-16-23)21-13-17-24(18-14-21)40(37,38)33-28(30(35)36)31(3,4)5/h7,9-18,28,33H,1-5H3,(H,32,34)(H,35,36)/t28-/m1/s1. The van der Waals surface area contributed by atoms with Crippen LogP contribution >= 0.6 is 0 Å². The van der Waals surface area contributed by atoms with Crippen molar-refractivity contribution < 1.29 is 27.5 Å². The molecular formula is C31H30N2O6S. The Bertz CT molecular complexity index is 1750. The number of rotatable bonds is 7. The molecule has 0 bridgehead atoms. The summed E-state index contributed by atoms with van der Waals surface area (Å²) in [6.07, 6.45) is 0. The monoisotopic (exact) mass is 558 g/mol. The Hall–Kier alpha value is -4.39. The van der Waals surface area contributed by atoms with Crippen LogP contribution in [-0.2, 0) is 14.8 Å². The molecule has 1 atom stereocenters. The van der Waals surface area contributed by atoms with Gasteiger partial charge in [0.05, 0.1) is 4.90 Å². The van der Waals surface area contributed by atoms with Gasteiger partial charge in [-0.05, 0) is 66.8 Å². The van der Waals surface area contributed by atoms with Crippen molar-refractivity contribution in [3.05, 3.63) is 83.6 Å². The topological polar surface area (TPSA) is 126 Å². The summed E-state index contributed by atoms with van der Waals surface area (Å²) >= 11 is 0. The van der Waals surface area contributed by atoms with Gasteiger partial charge in [-0.3, -0.25) is 9.59 Å². The van der Waals surface area contributed by atoms with Crippen molar-refractivity contribution in [1.29, 1.82) is 0 Å². The van der Waals surface area contributed by atoms with E-state index >= 15 is 0 Å². The quantitative estimate of drug-likeness (QED) is 0.246. The summed E-state index contributed by atoms with van der Waals surface area (Å²) in [5, 5.41) is 13.1. The molecule has 0 saturated heterocycles. The van der Waals surface area contributed by atoms with Crippen LogP contribution in [0.2, 0.25) is 0 Å². The summed E-state index contributed by atoms with van der Waals surface area (Å²) in [5.41, 5.74) is 3.41. The number of anilines is 1. The predicted octanol–water partition coefficient (Wildman–Crippen LogP) is 5.81. The smallest absolute Gasteiger partial charge is 0.322 e. The van der Waals surface area contributed by atoms with Crippen LogP contribution < -0.4 is 10.0 Å². The third-order valence-corrected chi connectivity index (χ3v) is 7.89. The van der Waals surface area contributed by atoms with Gasteiger partial charge in [0.1, 0.15) is 11.6 Å². The van der Waals surface area contributed by atoms with Gasteiger partial charge in [-0.2, -0.15) is 4.72 Å². The maximum Gasteiger partial charge on any atom is 0.322 e. The van der Waals surface area contributed by atoms with E-state index in [9.17, 15) is 23.1 Å². The average molecular weight is 559 g/mol. The molecule has 1 amide bonds. The van der Waals surface area contributed by atoms with Crippen LogP contribution in [0.1, 0.15) is 49.4 Å². The van der Waals surface area contributed by atoms with Crippen molar-refractivity contribution in [2.75, 3.05) is 5.32 Å². The summed E-state index contributed by atoms with van der Waals surface area (Å²) in [7, 11) is -4.05. The number of benzene rings is 3. The third kappa shape index (κ3) is 5.93. The molecule has 3 N–H and O–H groups in total. The number of fused-ring (bicyclic) bond motifs is 1. The molecule has 8 nitrogen and oxygen atoms in total. The van der Waals surface area contributed by atoms with Crippen molar-refractivity contribution in [1.82, 2.24) is 4.72 Å². The van der Waals surface area contributed by atoms with E-state index in [-0.39, 0.29) is 16.6 Å².